The van der Waals surface area contributed by atoms with E-state index < -0.39 is 0 Å². The van der Waals surface area contributed by atoms with E-state index in [0.29, 0.717) is 37.0 Å². The third-order valence-corrected chi connectivity index (χ3v) is 5.70. The number of fused-ring (bicyclic) bond motifs is 2. The molecule has 0 bridgehead atoms. The molecule has 0 spiro atoms. The first-order valence-corrected chi connectivity index (χ1v) is 10.6. The van der Waals surface area contributed by atoms with Gasteiger partial charge in [-0.15, -0.1) is 11.3 Å². The van der Waals surface area contributed by atoms with Crippen molar-refractivity contribution < 1.29 is 9.59 Å². The molecule has 0 radical (unpaired) electrons. The Bertz CT molecular complexity index is 1110. The second-order valence-electron chi connectivity index (χ2n) is 6.70. The lowest BCUT2D eigenvalue weighted by molar-refractivity contribution is -0.117. The fraction of sp³-hybridized carbons (Fsp3) is 0.174. The van der Waals surface area contributed by atoms with Crippen molar-refractivity contribution in [3.8, 4) is 0 Å². The summed E-state index contributed by atoms with van der Waals surface area (Å²) in [6.07, 6.45) is 2.46. The Morgan fingerprint density at radius 1 is 0.774 bits per heavy atom. The zero-order chi connectivity index (χ0) is 22.2. The minimum absolute atomic E-state index is 0.0315. The molecule has 0 atom stereocenters. The maximum atomic E-state index is 13.1. The summed E-state index contributed by atoms with van der Waals surface area (Å²) in [6.45, 7) is 8.80. The van der Waals surface area contributed by atoms with Gasteiger partial charge in [-0.05, 0) is 48.6 Å². The van der Waals surface area contributed by atoms with E-state index in [9.17, 15) is 14.4 Å². The average Bonchev–Trinajstić information content (AvgIpc) is 2.79. The lowest BCUT2D eigenvalue weighted by Gasteiger charge is -2.10. The van der Waals surface area contributed by atoms with Crippen LogP contribution in [0.25, 0.3) is 20.2 Å². The molecule has 0 aliphatic heterocycles. The minimum Gasteiger partial charge on any atom is -0.383 e. The lowest BCUT2D eigenvalue weighted by Crippen LogP contribution is -2.27. The number of carbonyl (C=O) groups is 2. The van der Waals surface area contributed by atoms with E-state index in [1.807, 2.05) is 36.4 Å². The predicted octanol–water partition coefficient (Wildman–Crippen LogP) is 2.84. The van der Waals surface area contributed by atoms with E-state index >= 15 is 0 Å². The van der Waals surface area contributed by atoms with Crippen LogP contribution in [0, 0.1) is 0 Å². The van der Waals surface area contributed by atoms with Gasteiger partial charge in [-0.25, -0.2) is 0 Å². The van der Waals surface area contributed by atoms with Gasteiger partial charge in [-0.1, -0.05) is 13.2 Å². The highest BCUT2D eigenvalue weighted by molar-refractivity contribution is 7.24. The van der Waals surface area contributed by atoms with Gasteiger partial charge < -0.3 is 21.3 Å². The molecule has 7 nitrogen and oxygen atoms in total. The molecule has 31 heavy (non-hydrogen) atoms. The maximum Gasteiger partial charge on any atom is 0.243 e. The van der Waals surface area contributed by atoms with E-state index in [-0.39, 0.29) is 17.2 Å². The Labute approximate surface area is 183 Å². The molecule has 0 aliphatic carbocycles. The van der Waals surface area contributed by atoms with Crippen LogP contribution >= 0.6 is 11.3 Å². The van der Waals surface area contributed by atoms with Crippen LogP contribution in [-0.4, -0.2) is 38.0 Å². The first-order chi connectivity index (χ1) is 15.0. The molecule has 0 aliphatic rings. The lowest BCUT2D eigenvalue weighted by atomic mass is 10.1. The number of carbonyl (C=O) groups excluding carboxylic acids is 2. The van der Waals surface area contributed by atoms with Gasteiger partial charge >= 0.3 is 0 Å². The molecule has 0 fully saturated rings. The summed E-state index contributed by atoms with van der Waals surface area (Å²) in [5, 5.41) is 13.1. The Kier molecular flexibility index (Phi) is 7.40. The van der Waals surface area contributed by atoms with Crippen LogP contribution < -0.4 is 26.7 Å². The van der Waals surface area contributed by atoms with Gasteiger partial charge in [0.2, 0.25) is 11.8 Å². The number of hydrogen-bond donors (Lipinski definition) is 4. The second-order valence-corrected chi connectivity index (χ2v) is 7.78. The molecule has 0 saturated carbocycles. The van der Waals surface area contributed by atoms with Gasteiger partial charge in [0.15, 0.2) is 5.43 Å². The third kappa shape index (κ3) is 5.70. The predicted molar refractivity (Wildman–Crippen MR) is 129 cm³/mol. The highest BCUT2D eigenvalue weighted by Gasteiger charge is 2.08. The van der Waals surface area contributed by atoms with Crippen LogP contribution in [0.2, 0.25) is 0 Å². The zero-order valence-electron chi connectivity index (χ0n) is 17.0. The fourth-order valence-electron chi connectivity index (χ4n) is 3.01. The van der Waals surface area contributed by atoms with E-state index in [0.717, 1.165) is 20.8 Å². The number of rotatable bonds is 10. The van der Waals surface area contributed by atoms with Crippen LogP contribution in [0.1, 0.15) is 0 Å². The standard InChI is InChI=1S/C23H24N4O3S/c1-3-21(28)26-11-9-24-15-5-7-19-17(13-15)23(30)18-14-16(6-8-20(18)31-19)25-10-12-27-22(29)4-2/h3-8,13-14,24-25H,1-2,9-12H2,(H,26,28)(H,27,29). The molecule has 2 aromatic carbocycles. The Balaban J connectivity index is 1.75. The summed E-state index contributed by atoms with van der Waals surface area (Å²) in [4.78, 5) is 35.5. The van der Waals surface area contributed by atoms with Gasteiger partial charge in [0.05, 0.1) is 0 Å². The summed E-state index contributed by atoms with van der Waals surface area (Å²) < 4.78 is 1.83. The van der Waals surface area contributed by atoms with Crippen LogP contribution in [0.15, 0.2) is 66.5 Å². The van der Waals surface area contributed by atoms with Crippen LogP contribution in [0.4, 0.5) is 11.4 Å². The largest absolute Gasteiger partial charge is 0.383 e. The molecule has 1 aromatic heterocycles. The summed E-state index contributed by atoms with van der Waals surface area (Å²) >= 11 is 1.56. The van der Waals surface area contributed by atoms with Crippen molar-refractivity contribution in [3.63, 3.8) is 0 Å². The van der Waals surface area contributed by atoms with Crippen molar-refractivity contribution in [2.75, 3.05) is 36.8 Å². The number of nitrogens with one attached hydrogen (secondary N) is 4. The monoisotopic (exact) mass is 436 g/mol. The summed E-state index contributed by atoms with van der Waals surface area (Å²) in [6, 6.07) is 11.4. The molecular weight excluding hydrogens is 412 g/mol. The maximum absolute atomic E-state index is 13.1. The highest BCUT2D eigenvalue weighted by atomic mass is 32.1. The van der Waals surface area contributed by atoms with E-state index in [4.69, 9.17) is 0 Å². The van der Waals surface area contributed by atoms with Crippen molar-refractivity contribution in [3.05, 3.63) is 71.9 Å². The number of anilines is 2. The molecule has 160 valence electrons. The fourth-order valence-corrected chi connectivity index (χ4v) is 4.04. The van der Waals surface area contributed by atoms with Crippen molar-refractivity contribution in [1.82, 2.24) is 10.6 Å². The zero-order valence-corrected chi connectivity index (χ0v) is 17.8. The van der Waals surface area contributed by atoms with Crippen molar-refractivity contribution in [1.29, 1.82) is 0 Å². The molecule has 8 heteroatoms. The molecule has 1 heterocycles. The number of hydrogen-bond acceptors (Lipinski definition) is 6. The van der Waals surface area contributed by atoms with Gasteiger partial charge in [-0.2, -0.15) is 0 Å². The van der Waals surface area contributed by atoms with E-state index in [1.165, 1.54) is 12.2 Å². The first-order valence-electron chi connectivity index (χ1n) is 9.80. The first kappa shape index (κ1) is 22.0. The van der Waals surface area contributed by atoms with E-state index in [1.54, 1.807) is 11.3 Å². The summed E-state index contributed by atoms with van der Waals surface area (Å²) in [5.74, 6) is -0.439. The van der Waals surface area contributed by atoms with Crippen molar-refractivity contribution >= 4 is 54.7 Å². The topological polar surface area (TPSA) is 99.3 Å². The van der Waals surface area contributed by atoms with Crippen LogP contribution in [-0.2, 0) is 9.59 Å². The third-order valence-electron chi connectivity index (χ3n) is 4.55. The van der Waals surface area contributed by atoms with Gasteiger partial charge in [0.25, 0.3) is 0 Å². The van der Waals surface area contributed by atoms with Crippen LogP contribution in [0.5, 0.6) is 0 Å². The minimum atomic E-state index is -0.220. The second kappa shape index (κ2) is 10.4. The number of amides is 2. The normalized spacial score (nSPS) is 10.5. The number of benzene rings is 2. The van der Waals surface area contributed by atoms with Gasteiger partial charge in [0, 0.05) is 57.7 Å². The molecular formula is C23H24N4O3S. The Hall–Kier alpha value is -3.65. The Morgan fingerprint density at radius 2 is 1.23 bits per heavy atom. The van der Waals surface area contributed by atoms with Crippen molar-refractivity contribution in [2.45, 2.75) is 0 Å². The van der Waals surface area contributed by atoms with Crippen LogP contribution in [0.3, 0.4) is 0 Å². The Morgan fingerprint density at radius 3 is 1.65 bits per heavy atom. The average molecular weight is 437 g/mol. The molecule has 2 amide bonds. The molecule has 0 unspecified atom stereocenters. The van der Waals surface area contributed by atoms with Gasteiger partial charge in [0.1, 0.15) is 0 Å². The molecule has 3 rings (SSSR count). The SMILES string of the molecule is C=CC(=O)NCCNc1ccc2sc3ccc(NCCNC(=O)C=C)cc3c(=O)c2c1. The van der Waals surface area contributed by atoms with E-state index in [2.05, 4.69) is 34.4 Å². The molecule has 3 aromatic rings. The highest BCUT2D eigenvalue weighted by Crippen LogP contribution is 2.28. The molecule has 4 N–H and O–H groups in total. The molecule has 0 saturated heterocycles. The summed E-state index contributed by atoms with van der Waals surface area (Å²) in [5.41, 5.74) is 1.60. The smallest absolute Gasteiger partial charge is 0.243 e. The van der Waals surface area contributed by atoms with Gasteiger partial charge in [-0.3, -0.25) is 14.4 Å². The quantitative estimate of drug-likeness (QED) is 0.223. The van der Waals surface area contributed by atoms with Crippen molar-refractivity contribution in [2.24, 2.45) is 0 Å². The summed E-state index contributed by atoms with van der Waals surface area (Å²) in [7, 11) is 0.